The van der Waals surface area contributed by atoms with Crippen LogP contribution in [0.15, 0.2) is 41.9 Å². The minimum atomic E-state index is -0.467. The van der Waals surface area contributed by atoms with Crippen molar-refractivity contribution in [2.75, 3.05) is 11.9 Å². The zero-order valence-electron chi connectivity index (χ0n) is 14.3. The third-order valence-corrected chi connectivity index (χ3v) is 4.54. The molecule has 0 spiro atoms. The van der Waals surface area contributed by atoms with Crippen molar-refractivity contribution < 1.29 is 9.53 Å². The molecule has 1 atom stereocenters. The van der Waals surface area contributed by atoms with E-state index in [9.17, 15) is 4.79 Å². The van der Waals surface area contributed by atoms with Crippen LogP contribution in [-0.2, 0) is 9.53 Å². The van der Waals surface area contributed by atoms with E-state index in [4.69, 9.17) is 16.3 Å². The normalized spacial score (nSPS) is 16.4. The number of rotatable bonds is 6. The molecule has 7 heteroatoms. The summed E-state index contributed by atoms with van der Waals surface area (Å²) in [5, 5.41) is 7.96. The van der Waals surface area contributed by atoms with Gasteiger partial charge in [-0.1, -0.05) is 49.6 Å². The van der Waals surface area contributed by atoms with Crippen molar-refractivity contribution in [3.8, 4) is 0 Å². The van der Waals surface area contributed by atoms with E-state index < -0.39 is 6.04 Å². The highest BCUT2D eigenvalue weighted by Crippen LogP contribution is 2.37. The smallest absolute Gasteiger partial charge is 0.338 e. The molecule has 1 aromatic carbocycles. The quantitative estimate of drug-likeness (QED) is 0.624. The Morgan fingerprint density at radius 2 is 2.16 bits per heavy atom. The molecule has 132 valence electrons. The van der Waals surface area contributed by atoms with E-state index in [2.05, 4.69) is 22.3 Å². The molecule has 0 saturated carbocycles. The summed E-state index contributed by atoms with van der Waals surface area (Å²) in [5.41, 5.74) is 1.99. The third-order valence-electron chi connectivity index (χ3n) is 4.20. The summed E-state index contributed by atoms with van der Waals surface area (Å²) in [6, 6.07) is 6.97. The maximum atomic E-state index is 12.8. The Balaban J connectivity index is 1.96. The van der Waals surface area contributed by atoms with E-state index in [1.54, 1.807) is 10.7 Å². The molecule has 1 aliphatic heterocycles. The fraction of sp³-hybridized carbons (Fsp3) is 0.389. The van der Waals surface area contributed by atoms with Gasteiger partial charge in [0.25, 0.3) is 0 Å². The van der Waals surface area contributed by atoms with Crippen molar-refractivity contribution in [1.29, 1.82) is 0 Å². The lowest BCUT2D eigenvalue weighted by Crippen LogP contribution is -2.30. The average molecular weight is 361 g/mol. The van der Waals surface area contributed by atoms with E-state index >= 15 is 0 Å². The first-order valence-corrected chi connectivity index (χ1v) is 8.80. The van der Waals surface area contributed by atoms with Crippen molar-refractivity contribution in [3.63, 3.8) is 0 Å². The number of carbonyl (C=O) groups is 1. The molecule has 1 aromatic heterocycles. The predicted molar refractivity (Wildman–Crippen MR) is 96.4 cm³/mol. The largest absolute Gasteiger partial charge is 0.462 e. The molecule has 0 unspecified atom stereocenters. The number of benzene rings is 1. The molecule has 2 aromatic rings. The maximum Gasteiger partial charge on any atom is 0.338 e. The second kappa shape index (κ2) is 7.70. The van der Waals surface area contributed by atoms with Gasteiger partial charge in [-0.3, -0.25) is 0 Å². The van der Waals surface area contributed by atoms with Crippen LogP contribution >= 0.6 is 11.6 Å². The molecule has 3 rings (SSSR count). The van der Waals surface area contributed by atoms with Gasteiger partial charge >= 0.3 is 5.97 Å². The standard InChI is InChI=1S/C18H21ClN4O2/c1-3-4-7-10-25-17(24)15-12(2)22-18-20-11-21-23(18)16(15)13-8-5-6-9-14(13)19/h5-6,8-9,11,16H,3-4,7,10H2,1-2H3,(H,20,21,22)/t16-/m0/s1. The lowest BCUT2D eigenvalue weighted by atomic mass is 9.96. The van der Waals surface area contributed by atoms with Gasteiger partial charge in [0.15, 0.2) is 0 Å². The fourth-order valence-electron chi connectivity index (χ4n) is 2.93. The highest BCUT2D eigenvalue weighted by molar-refractivity contribution is 6.31. The van der Waals surface area contributed by atoms with Gasteiger partial charge in [0, 0.05) is 16.3 Å². The Labute approximate surface area is 151 Å². The number of unbranched alkanes of at least 4 members (excludes halogenated alkanes) is 2. The number of fused-ring (bicyclic) bond motifs is 1. The summed E-state index contributed by atoms with van der Waals surface area (Å²) in [4.78, 5) is 17.0. The first-order chi connectivity index (χ1) is 12.1. The van der Waals surface area contributed by atoms with Gasteiger partial charge in [-0.15, -0.1) is 0 Å². The average Bonchev–Trinajstić information content (AvgIpc) is 3.06. The van der Waals surface area contributed by atoms with Crippen molar-refractivity contribution >= 4 is 23.5 Å². The second-order valence-corrected chi connectivity index (χ2v) is 6.37. The van der Waals surface area contributed by atoms with Crippen molar-refractivity contribution in [2.45, 2.75) is 39.2 Å². The molecule has 0 saturated heterocycles. The van der Waals surface area contributed by atoms with Crippen LogP contribution in [0.2, 0.25) is 5.02 Å². The third kappa shape index (κ3) is 3.54. The Morgan fingerprint density at radius 3 is 2.92 bits per heavy atom. The number of hydrogen-bond acceptors (Lipinski definition) is 5. The van der Waals surface area contributed by atoms with Crippen molar-refractivity contribution in [2.24, 2.45) is 0 Å². The molecule has 0 fully saturated rings. The molecule has 0 radical (unpaired) electrons. The van der Waals surface area contributed by atoms with Gasteiger partial charge in [-0.2, -0.15) is 10.1 Å². The van der Waals surface area contributed by atoms with Crippen LogP contribution in [0.5, 0.6) is 0 Å². The monoisotopic (exact) mass is 360 g/mol. The van der Waals surface area contributed by atoms with Crippen molar-refractivity contribution in [3.05, 3.63) is 52.4 Å². The summed E-state index contributed by atoms with van der Waals surface area (Å²) in [6.45, 7) is 4.35. The van der Waals surface area contributed by atoms with Crippen LogP contribution in [0, 0.1) is 0 Å². The fourth-order valence-corrected chi connectivity index (χ4v) is 3.17. The van der Waals surface area contributed by atoms with Crippen molar-refractivity contribution in [1.82, 2.24) is 14.8 Å². The van der Waals surface area contributed by atoms with Crippen LogP contribution in [-0.4, -0.2) is 27.3 Å². The minimum absolute atomic E-state index is 0.354. The molecule has 0 aliphatic carbocycles. The number of esters is 1. The first kappa shape index (κ1) is 17.5. The van der Waals surface area contributed by atoms with Gasteiger partial charge in [-0.25, -0.2) is 9.48 Å². The molecule has 1 aliphatic rings. The van der Waals surface area contributed by atoms with E-state index in [0.29, 0.717) is 28.8 Å². The highest BCUT2D eigenvalue weighted by atomic mass is 35.5. The number of carbonyl (C=O) groups excluding carboxylic acids is 1. The van der Waals surface area contributed by atoms with Gasteiger partial charge in [0.05, 0.1) is 12.2 Å². The van der Waals surface area contributed by atoms with Crippen LogP contribution < -0.4 is 5.32 Å². The Morgan fingerprint density at radius 1 is 1.36 bits per heavy atom. The molecular formula is C18H21ClN4O2. The lowest BCUT2D eigenvalue weighted by molar-refractivity contribution is -0.139. The Bertz CT molecular complexity index is 800. The number of allylic oxidation sites excluding steroid dienone is 1. The topological polar surface area (TPSA) is 69.0 Å². The van der Waals surface area contributed by atoms with Crippen LogP contribution in [0.4, 0.5) is 5.95 Å². The van der Waals surface area contributed by atoms with E-state index in [1.165, 1.54) is 6.33 Å². The molecule has 25 heavy (non-hydrogen) atoms. The number of nitrogens with zero attached hydrogens (tertiary/aromatic N) is 3. The number of anilines is 1. The van der Waals surface area contributed by atoms with E-state index in [-0.39, 0.29) is 5.97 Å². The summed E-state index contributed by atoms with van der Waals surface area (Å²) in [6.07, 6.45) is 4.42. The zero-order valence-corrected chi connectivity index (χ0v) is 15.1. The maximum absolute atomic E-state index is 12.8. The predicted octanol–water partition coefficient (Wildman–Crippen LogP) is 3.95. The molecule has 0 amide bonds. The van der Waals surface area contributed by atoms with Gasteiger partial charge in [-0.05, 0) is 19.4 Å². The number of hydrogen-bond donors (Lipinski definition) is 1. The Kier molecular flexibility index (Phi) is 5.38. The SMILES string of the molecule is CCCCCOC(=O)C1=C(C)Nc2ncnn2[C@H]1c1ccccc1Cl. The summed E-state index contributed by atoms with van der Waals surface area (Å²) in [7, 11) is 0. The van der Waals surface area contributed by atoms with E-state index in [1.807, 2.05) is 25.1 Å². The first-order valence-electron chi connectivity index (χ1n) is 8.42. The zero-order chi connectivity index (χ0) is 17.8. The van der Waals surface area contributed by atoms with Crippen LogP contribution in [0.25, 0.3) is 0 Å². The van der Waals surface area contributed by atoms with E-state index in [0.717, 1.165) is 24.8 Å². The molecular weight excluding hydrogens is 340 g/mol. The minimum Gasteiger partial charge on any atom is -0.462 e. The van der Waals surface area contributed by atoms with Gasteiger partial charge in [0.2, 0.25) is 5.95 Å². The number of ether oxygens (including phenoxy) is 1. The summed E-state index contributed by atoms with van der Waals surface area (Å²) in [5.74, 6) is 0.220. The molecule has 1 N–H and O–H groups in total. The van der Waals surface area contributed by atoms with Crippen LogP contribution in [0.3, 0.4) is 0 Å². The van der Waals surface area contributed by atoms with Gasteiger partial charge in [0.1, 0.15) is 12.4 Å². The highest BCUT2D eigenvalue weighted by Gasteiger charge is 2.35. The van der Waals surface area contributed by atoms with Crippen LogP contribution in [0.1, 0.15) is 44.7 Å². The lowest BCUT2D eigenvalue weighted by Gasteiger charge is -2.28. The summed E-state index contributed by atoms with van der Waals surface area (Å²) >= 11 is 6.40. The molecule has 2 heterocycles. The number of aromatic nitrogens is 3. The van der Waals surface area contributed by atoms with Gasteiger partial charge < -0.3 is 10.1 Å². The summed E-state index contributed by atoms with van der Waals surface area (Å²) < 4.78 is 7.16. The Hall–Kier alpha value is -2.34. The number of nitrogens with one attached hydrogen (secondary N) is 1. The number of halogens is 1. The second-order valence-electron chi connectivity index (χ2n) is 5.96. The molecule has 6 nitrogen and oxygen atoms in total. The molecule has 0 bridgehead atoms.